The molecule has 10 heteroatoms. The smallest absolute Gasteiger partial charge is 0.341 e. The van der Waals surface area contributed by atoms with Gasteiger partial charge < -0.3 is 23.9 Å². The van der Waals surface area contributed by atoms with Gasteiger partial charge in [-0.25, -0.2) is 9.59 Å². The van der Waals surface area contributed by atoms with Crippen LogP contribution in [0.4, 0.5) is 0 Å². The second-order valence-corrected chi connectivity index (χ2v) is 10.3. The van der Waals surface area contributed by atoms with E-state index in [1.165, 1.54) is 26.4 Å². The molecule has 9 nitrogen and oxygen atoms in total. The number of benzene rings is 4. The van der Waals surface area contributed by atoms with Crippen molar-refractivity contribution in [2.24, 2.45) is 0 Å². The summed E-state index contributed by atoms with van der Waals surface area (Å²) in [6.07, 6.45) is 3.17. The third-order valence-corrected chi connectivity index (χ3v) is 7.26. The quantitative estimate of drug-likeness (QED) is 0.175. The number of carbonyl (C=O) groups is 2. The highest BCUT2D eigenvalue weighted by Crippen LogP contribution is 2.30. The van der Waals surface area contributed by atoms with E-state index in [2.05, 4.69) is 9.97 Å². The van der Waals surface area contributed by atoms with E-state index in [0.717, 1.165) is 11.1 Å². The average molecular weight is 637 g/mol. The molecule has 0 aliphatic carbocycles. The van der Waals surface area contributed by atoms with Crippen LogP contribution >= 0.6 is 11.6 Å². The van der Waals surface area contributed by atoms with Gasteiger partial charge in [0.2, 0.25) is 0 Å². The number of nitrogens with zero attached hydrogens (tertiary/aromatic N) is 1. The molecular weight excluding hydrogens is 608 g/mol. The standard InChI is InChI=1S/C18H14ClNO3.C18H15NO4/c1-22-18(21)14-9-13-15(19)7-8-20-16(13)10-17(14)23-11-12-5-3-2-4-6-12;1-22-18(21)14-9-13-15(19-8-7-16(13)20)10-17(14)23-11-12-5-3-2-4-6-12/h2-10H,11H2,1H3;2-10H,11H2,1H3,(H,19,20). The Bertz CT molecular complexity index is 2050. The topological polar surface area (TPSA) is 117 Å². The molecule has 0 bridgehead atoms. The monoisotopic (exact) mass is 636 g/mol. The minimum Gasteiger partial charge on any atom is -0.488 e. The number of H-pyrrole nitrogens is 1. The van der Waals surface area contributed by atoms with Crippen LogP contribution in [-0.2, 0) is 22.7 Å². The summed E-state index contributed by atoms with van der Waals surface area (Å²) in [6.45, 7) is 0.657. The summed E-state index contributed by atoms with van der Waals surface area (Å²) in [6, 6.07) is 28.9. The summed E-state index contributed by atoms with van der Waals surface area (Å²) < 4.78 is 21.2. The van der Waals surface area contributed by atoms with Crippen molar-refractivity contribution in [3.8, 4) is 11.5 Å². The fourth-order valence-electron chi connectivity index (χ4n) is 4.59. The number of aromatic amines is 1. The van der Waals surface area contributed by atoms with E-state index >= 15 is 0 Å². The molecular formula is C36H29ClN2O7. The Morgan fingerprint density at radius 1 is 0.717 bits per heavy atom. The Hall–Kier alpha value is -5.67. The molecule has 6 aromatic rings. The molecule has 0 amide bonds. The number of carbonyl (C=O) groups excluding carboxylic acids is 2. The number of rotatable bonds is 8. The minimum absolute atomic E-state index is 0.168. The van der Waals surface area contributed by atoms with Gasteiger partial charge in [-0.2, -0.15) is 0 Å². The van der Waals surface area contributed by atoms with Crippen LogP contribution in [0.25, 0.3) is 21.8 Å². The lowest BCUT2D eigenvalue weighted by Crippen LogP contribution is -2.09. The van der Waals surface area contributed by atoms with Crippen molar-refractivity contribution in [2.75, 3.05) is 14.2 Å². The number of halogens is 1. The number of fused-ring (bicyclic) bond motifs is 2. The summed E-state index contributed by atoms with van der Waals surface area (Å²) >= 11 is 6.17. The van der Waals surface area contributed by atoms with Crippen molar-refractivity contribution in [1.29, 1.82) is 0 Å². The molecule has 0 atom stereocenters. The van der Waals surface area contributed by atoms with E-state index in [0.29, 0.717) is 57.1 Å². The third-order valence-electron chi connectivity index (χ3n) is 6.93. The molecule has 46 heavy (non-hydrogen) atoms. The molecule has 6 rings (SSSR count). The van der Waals surface area contributed by atoms with Crippen molar-refractivity contribution in [2.45, 2.75) is 13.2 Å². The van der Waals surface area contributed by atoms with Crippen LogP contribution in [0.15, 0.2) is 114 Å². The first-order chi connectivity index (χ1) is 22.4. The Morgan fingerprint density at radius 3 is 1.83 bits per heavy atom. The Balaban J connectivity index is 0.000000181. The zero-order chi connectivity index (χ0) is 32.5. The second kappa shape index (κ2) is 14.9. The predicted molar refractivity (Wildman–Crippen MR) is 176 cm³/mol. The molecule has 0 unspecified atom stereocenters. The number of ether oxygens (including phenoxy) is 4. The van der Waals surface area contributed by atoms with E-state index in [9.17, 15) is 14.4 Å². The van der Waals surface area contributed by atoms with Crippen LogP contribution in [0.3, 0.4) is 0 Å². The number of nitrogens with one attached hydrogen (secondary N) is 1. The number of methoxy groups -OCH3 is 2. The Labute approximate surface area is 269 Å². The maximum absolute atomic E-state index is 12.0. The van der Waals surface area contributed by atoms with Gasteiger partial charge >= 0.3 is 11.9 Å². The fraction of sp³-hybridized carbons (Fsp3) is 0.111. The Kier molecular flexibility index (Phi) is 10.3. The molecule has 2 aromatic heterocycles. The van der Waals surface area contributed by atoms with Gasteiger partial charge in [-0.15, -0.1) is 0 Å². The summed E-state index contributed by atoms with van der Waals surface area (Å²) in [4.78, 5) is 43.2. The van der Waals surface area contributed by atoms with E-state index < -0.39 is 11.9 Å². The fourth-order valence-corrected chi connectivity index (χ4v) is 4.80. The van der Waals surface area contributed by atoms with Crippen molar-refractivity contribution in [1.82, 2.24) is 9.97 Å². The molecule has 2 heterocycles. The van der Waals surface area contributed by atoms with Crippen molar-refractivity contribution < 1.29 is 28.5 Å². The molecule has 232 valence electrons. The molecule has 1 N–H and O–H groups in total. The number of pyridine rings is 2. The molecule has 0 fully saturated rings. The maximum atomic E-state index is 12.0. The van der Waals surface area contributed by atoms with Crippen molar-refractivity contribution in [3.05, 3.63) is 147 Å². The summed E-state index contributed by atoms with van der Waals surface area (Å²) in [5.41, 5.74) is 3.63. The van der Waals surface area contributed by atoms with Crippen LogP contribution in [0.5, 0.6) is 11.5 Å². The highest BCUT2D eigenvalue weighted by Gasteiger charge is 2.18. The lowest BCUT2D eigenvalue weighted by Gasteiger charge is -2.12. The number of hydrogen-bond donors (Lipinski definition) is 1. The van der Waals surface area contributed by atoms with Crippen LogP contribution < -0.4 is 14.9 Å². The van der Waals surface area contributed by atoms with E-state index in [1.807, 2.05) is 60.7 Å². The first-order valence-electron chi connectivity index (χ1n) is 14.1. The van der Waals surface area contributed by atoms with Crippen LogP contribution in [-0.4, -0.2) is 36.1 Å². The molecule has 0 spiro atoms. The molecule has 0 saturated carbocycles. The van der Waals surface area contributed by atoms with Crippen LogP contribution in [0, 0.1) is 0 Å². The van der Waals surface area contributed by atoms with Gasteiger partial charge in [-0.1, -0.05) is 72.3 Å². The molecule has 0 saturated heterocycles. The minimum atomic E-state index is -0.543. The third kappa shape index (κ3) is 7.51. The van der Waals surface area contributed by atoms with Gasteiger partial charge in [-0.3, -0.25) is 9.78 Å². The van der Waals surface area contributed by atoms with Gasteiger partial charge in [0.1, 0.15) is 35.8 Å². The van der Waals surface area contributed by atoms with Gasteiger partial charge in [-0.05, 0) is 29.3 Å². The summed E-state index contributed by atoms with van der Waals surface area (Å²) in [5, 5.41) is 1.62. The predicted octanol–water partition coefficient (Wildman–Crippen LogP) is 7.15. The van der Waals surface area contributed by atoms with Crippen molar-refractivity contribution >= 4 is 45.3 Å². The van der Waals surface area contributed by atoms with Gasteiger partial charge in [0.15, 0.2) is 5.43 Å². The lowest BCUT2D eigenvalue weighted by molar-refractivity contribution is 0.0586. The highest BCUT2D eigenvalue weighted by atomic mass is 35.5. The molecule has 0 radical (unpaired) electrons. The highest BCUT2D eigenvalue weighted by molar-refractivity contribution is 6.35. The summed E-state index contributed by atoms with van der Waals surface area (Å²) in [5.74, 6) is -0.230. The van der Waals surface area contributed by atoms with Gasteiger partial charge in [0, 0.05) is 41.4 Å². The van der Waals surface area contributed by atoms with E-state index in [1.54, 1.807) is 36.7 Å². The molecule has 4 aromatic carbocycles. The first kappa shape index (κ1) is 31.7. The normalized spacial score (nSPS) is 10.5. The second-order valence-electron chi connectivity index (χ2n) is 9.93. The number of hydrogen-bond acceptors (Lipinski definition) is 8. The van der Waals surface area contributed by atoms with Gasteiger partial charge in [0.05, 0.1) is 30.3 Å². The van der Waals surface area contributed by atoms with Crippen molar-refractivity contribution in [3.63, 3.8) is 0 Å². The molecule has 0 aliphatic rings. The van der Waals surface area contributed by atoms with E-state index in [-0.39, 0.29) is 11.0 Å². The zero-order valence-corrected chi connectivity index (χ0v) is 25.7. The zero-order valence-electron chi connectivity index (χ0n) is 25.0. The first-order valence-corrected chi connectivity index (χ1v) is 14.5. The van der Waals surface area contributed by atoms with Gasteiger partial charge in [0.25, 0.3) is 0 Å². The largest absolute Gasteiger partial charge is 0.488 e. The van der Waals surface area contributed by atoms with E-state index in [4.69, 9.17) is 30.5 Å². The lowest BCUT2D eigenvalue weighted by atomic mass is 10.1. The number of esters is 2. The average Bonchev–Trinajstić information content (AvgIpc) is 3.10. The summed E-state index contributed by atoms with van der Waals surface area (Å²) in [7, 11) is 2.63. The van der Waals surface area contributed by atoms with Crippen LogP contribution in [0.2, 0.25) is 5.02 Å². The molecule has 0 aliphatic heterocycles. The maximum Gasteiger partial charge on any atom is 0.341 e. The SMILES string of the molecule is COC(=O)c1cc2c(=O)cc[nH]c2cc1OCc1ccccc1.COC(=O)c1cc2c(Cl)ccnc2cc1OCc1ccccc1. The Morgan fingerprint density at radius 2 is 1.26 bits per heavy atom. The van der Waals surface area contributed by atoms with Crippen LogP contribution in [0.1, 0.15) is 31.8 Å². The number of aromatic nitrogens is 2.